The van der Waals surface area contributed by atoms with Crippen LogP contribution >= 0.6 is 23.4 Å². The van der Waals surface area contributed by atoms with Crippen molar-refractivity contribution >= 4 is 40.8 Å². The molecular formula is C21H20ClNO2S. The monoisotopic (exact) mass is 385 g/mol. The van der Waals surface area contributed by atoms with E-state index in [9.17, 15) is 9.59 Å². The Bertz CT molecular complexity index is 903. The first-order chi connectivity index (χ1) is 12.4. The first kappa shape index (κ1) is 18.7. The first-order valence-corrected chi connectivity index (χ1v) is 9.73. The zero-order chi connectivity index (χ0) is 18.8. The van der Waals surface area contributed by atoms with Gasteiger partial charge in [-0.25, -0.2) is 0 Å². The molecule has 1 aliphatic heterocycles. The van der Waals surface area contributed by atoms with Crippen LogP contribution in [-0.2, 0) is 9.59 Å². The normalized spacial score (nSPS) is 14.5. The lowest BCUT2D eigenvalue weighted by Gasteiger charge is -2.14. The predicted octanol–water partition coefficient (Wildman–Crippen LogP) is 5.24. The molecule has 0 fully saturated rings. The highest BCUT2D eigenvalue weighted by atomic mass is 35.5. The fourth-order valence-electron chi connectivity index (χ4n) is 3.03. The van der Waals surface area contributed by atoms with Crippen LogP contribution in [0.1, 0.15) is 30.0 Å². The molecule has 0 N–H and O–H groups in total. The van der Waals surface area contributed by atoms with Gasteiger partial charge in [-0.2, -0.15) is 0 Å². The van der Waals surface area contributed by atoms with Gasteiger partial charge in [0.05, 0.1) is 10.5 Å². The average Bonchev–Trinajstić information content (AvgIpc) is 2.82. The average molecular weight is 386 g/mol. The molecule has 1 aliphatic rings. The highest BCUT2D eigenvalue weighted by molar-refractivity contribution is 8.04. The van der Waals surface area contributed by atoms with Gasteiger partial charge in [-0.3, -0.25) is 14.5 Å². The number of rotatable bonds is 5. The zero-order valence-corrected chi connectivity index (χ0v) is 16.6. The summed E-state index contributed by atoms with van der Waals surface area (Å²) in [5.74, 6) is -0.424. The van der Waals surface area contributed by atoms with E-state index in [0.717, 1.165) is 28.0 Å². The van der Waals surface area contributed by atoms with Crippen LogP contribution in [-0.4, -0.2) is 23.3 Å². The third kappa shape index (κ3) is 3.57. The largest absolute Gasteiger partial charge is 0.274 e. The topological polar surface area (TPSA) is 37.4 Å². The molecule has 3 nitrogen and oxygen atoms in total. The third-order valence-corrected chi connectivity index (χ3v) is 5.60. The van der Waals surface area contributed by atoms with Gasteiger partial charge >= 0.3 is 0 Å². The van der Waals surface area contributed by atoms with Crippen LogP contribution in [0.4, 0.5) is 0 Å². The summed E-state index contributed by atoms with van der Waals surface area (Å²) < 4.78 is 0. The van der Waals surface area contributed by atoms with Gasteiger partial charge in [0.25, 0.3) is 11.8 Å². The van der Waals surface area contributed by atoms with E-state index in [4.69, 9.17) is 11.6 Å². The Morgan fingerprint density at radius 2 is 1.69 bits per heavy atom. The number of aryl methyl sites for hydroxylation is 2. The fraction of sp³-hybridized carbons (Fsp3) is 0.238. The van der Waals surface area contributed by atoms with Gasteiger partial charge in [-0.1, -0.05) is 54.0 Å². The number of halogens is 1. The number of benzene rings is 2. The number of hydrogen-bond acceptors (Lipinski definition) is 3. The SMILES string of the molecule is CCCN1C(=O)C(Sc2ccc(Cl)cc2)=C(c2ccc(C)cc2C)C1=O. The molecule has 0 aliphatic carbocycles. The Hall–Kier alpha value is -2.04. The second-order valence-electron chi connectivity index (χ2n) is 6.34. The Labute approximate surface area is 163 Å². The van der Waals surface area contributed by atoms with Crippen LogP contribution in [0.25, 0.3) is 5.57 Å². The van der Waals surface area contributed by atoms with Crippen molar-refractivity contribution in [3.05, 3.63) is 69.1 Å². The number of hydrogen-bond donors (Lipinski definition) is 0. The van der Waals surface area contributed by atoms with Crippen molar-refractivity contribution in [1.82, 2.24) is 4.90 Å². The molecule has 0 atom stereocenters. The summed E-state index contributed by atoms with van der Waals surface area (Å²) in [5, 5.41) is 0.638. The summed E-state index contributed by atoms with van der Waals surface area (Å²) in [6.45, 7) is 6.37. The van der Waals surface area contributed by atoms with Crippen molar-refractivity contribution in [1.29, 1.82) is 0 Å². The quantitative estimate of drug-likeness (QED) is 0.660. The Balaban J connectivity index is 2.10. The molecule has 2 aromatic carbocycles. The number of imide groups is 1. The second-order valence-corrected chi connectivity index (χ2v) is 7.86. The minimum atomic E-state index is -0.216. The van der Waals surface area contributed by atoms with Gasteiger partial charge < -0.3 is 0 Å². The lowest BCUT2D eigenvalue weighted by atomic mass is 9.99. The van der Waals surface area contributed by atoms with Crippen LogP contribution in [0.2, 0.25) is 5.02 Å². The van der Waals surface area contributed by atoms with Crippen LogP contribution in [0.5, 0.6) is 0 Å². The Kier molecular flexibility index (Phi) is 5.54. The van der Waals surface area contributed by atoms with E-state index in [1.807, 2.05) is 51.1 Å². The van der Waals surface area contributed by atoms with Gasteiger partial charge in [0, 0.05) is 16.5 Å². The second kappa shape index (κ2) is 7.68. The third-order valence-electron chi connectivity index (χ3n) is 4.26. The molecule has 134 valence electrons. The van der Waals surface area contributed by atoms with Crippen molar-refractivity contribution in [3.63, 3.8) is 0 Å². The number of amides is 2. The maximum atomic E-state index is 13.0. The Morgan fingerprint density at radius 3 is 2.31 bits per heavy atom. The van der Waals surface area contributed by atoms with Gasteiger partial charge in [0.2, 0.25) is 0 Å². The molecule has 26 heavy (non-hydrogen) atoms. The molecular weight excluding hydrogens is 366 g/mol. The zero-order valence-electron chi connectivity index (χ0n) is 15.0. The minimum absolute atomic E-state index is 0.208. The lowest BCUT2D eigenvalue weighted by Crippen LogP contribution is -2.32. The van der Waals surface area contributed by atoms with Crippen LogP contribution in [0.3, 0.4) is 0 Å². The van der Waals surface area contributed by atoms with E-state index in [1.54, 1.807) is 12.1 Å². The van der Waals surface area contributed by atoms with E-state index in [2.05, 4.69) is 0 Å². The molecule has 2 aromatic rings. The molecule has 0 radical (unpaired) electrons. The van der Waals surface area contributed by atoms with Crippen molar-refractivity contribution in [3.8, 4) is 0 Å². The van der Waals surface area contributed by atoms with Crippen LogP contribution in [0.15, 0.2) is 52.3 Å². The van der Waals surface area contributed by atoms with Gasteiger partial charge in [0.1, 0.15) is 0 Å². The molecule has 0 saturated carbocycles. The maximum Gasteiger partial charge on any atom is 0.268 e. The number of nitrogens with zero attached hydrogens (tertiary/aromatic N) is 1. The lowest BCUT2D eigenvalue weighted by molar-refractivity contribution is -0.136. The van der Waals surface area contributed by atoms with E-state index >= 15 is 0 Å². The molecule has 5 heteroatoms. The van der Waals surface area contributed by atoms with E-state index in [-0.39, 0.29) is 11.8 Å². The molecule has 0 saturated heterocycles. The molecule has 0 aromatic heterocycles. The Morgan fingerprint density at radius 1 is 1.00 bits per heavy atom. The molecule has 0 bridgehead atoms. The van der Waals surface area contributed by atoms with E-state index in [0.29, 0.717) is 22.0 Å². The number of carbonyl (C=O) groups is 2. The summed E-state index contributed by atoms with van der Waals surface area (Å²) in [7, 11) is 0. The molecule has 1 heterocycles. The summed E-state index contributed by atoms with van der Waals surface area (Å²) in [6, 6.07) is 13.2. The highest BCUT2D eigenvalue weighted by Gasteiger charge is 2.39. The number of thioether (sulfide) groups is 1. The van der Waals surface area contributed by atoms with Gasteiger partial charge in [-0.15, -0.1) is 0 Å². The summed E-state index contributed by atoms with van der Waals surface area (Å²) >= 11 is 7.28. The number of carbonyl (C=O) groups excluding carboxylic acids is 2. The minimum Gasteiger partial charge on any atom is -0.274 e. The molecule has 3 rings (SSSR count). The van der Waals surface area contributed by atoms with Crippen molar-refractivity contribution < 1.29 is 9.59 Å². The summed E-state index contributed by atoms with van der Waals surface area (Å²) in [6.07, 6.45) is 0.733. The first-order valence-electron chi connectivity index (χ1n) is 8.54. The molecule has 0 unspecified atom stereocenters. The maximum absolute atomic E-state index is 13.0. The van der Waals surface area contributed by atoms with Crippen molar-refractivity contribution in [2.45, 2.75) is 32.1 Å². The van der Waals surface area contributed by atoms with Gasteiger partial charge in [-0.05, 0) is 55.7 Å². The highest BCUT2D eigenvalue weighted by Crippen LogP contribution is 2.40. The molecule has 2 amide bonds. The van der Waals surface area contributed by atoms with Crippen molar-refractivity contribution in [2.24, 2.45) is 0 Å². The summed E-state index contributed by atoms with van der Waals surface area (Å²) in [4.78, 5) is 28.7. The van der Waals surface area contributed by atoms with Crippen molar-refractivity contribution in [2.75, 3.05) is 6.54 Å². The van der Waals surface area contributed by atoms with Crippen LogP contribution in [0, 0.1) is 13.8 Å². The standard InChI is InChI=1S/C21H20ClNO2S/c1-4-11-23-20(24)18(17-10-5-13(2)12-14(17)3)19(21(23)25)26-16-8-6-15(22)7-9-16/h5-10,12H,4,11H2,1-3H3. The van der Waals surface area contributed by atoms with Gasteiger partial charge in [0.15, 0.2) is 0 Å². The van der Waals surface area contributed by atoms with E-state index < -0.39 is 0 Å². The van der Waals surface area contributed by atoms with Crippen LogP contribution < -0.4 is 0 Å². The molecule has 0 spiro atoms. The van der Waals surface area contributed by atoms with E-state index in [1.165, 1.54) is 16.7 Å². The summed E-state index contributed by atoms with van der Waals surface area (Å²) in [5.41, 5.74) is 3.44. The fourth-order valence-corrected chi connectivity index (χ4v) is 4.16. The predicted molar refractivity (Wildman–Crippen MR) is 107 cm³/mol. The smallest absolute Gasteiger partial charge is 0.268 e.